The highest BCUT2D eigenvalue weighted by molar-refractivity contribution is 7.99. The lowest BCUT2D eigenvalue weighted by atomic mass is 10.2. The first-order valence-corrected chi connectivity index (χ1v) is 4.20. The van der Waals surface area contributed by atoms with Crippen LogP contribution in [0.25, 0.3) is 0 Å². The zero-order chi connectivity index (χ0) is 7.28. The lowest BCUT2D eigenvalue weighted by Crippen LogP contribution is -2.01. The molecule has 0 radical (unpaired) electrons. The van der Waals surface area contributed by atoms with E-state index in [0.29, 0.717) is 11.7 Å². The average Bonchev–Trinajstić information content (AvgIpc) is 1.83. The summed E-state index contributed by atoms with van der Waals surface area (Å²) >= 11 is 1.70. The second kappa shape index (κ2) is 4.68. The van der Waals surface area contributed by atoms with Gasteiger partial charge in [0.2, 0.25) is 0 Å². The van der Waals surface area contributed by atoms with E-state index in [4.69, 9.17) is 5.11 Å². The van der Waals surface area contributed by atoms with Crippen molar-refractivity contribution in [2.75, 3.05) is 6.26 Å². The largest absolute Gasteiger partial charge is 0.481 e. The van der Waals surface area contributed by atoms with Crippen LogP contribution in [-0.2, 0) is 4.79 Å². The molecule has 0 saturated heterocycles. The Morgan fingerprint density at radius 2 is 2.33 bits per heavy atom. The fraction of sp³-hybridized carbons (Fsp3) is 0.833. The van der Waals surface area contributed by atoms with Crippen molar-refractivity contribution in [3.63, 3.8) is 0 Å². The van der Waals surface area contributed by atoms with Gasteiger partial charge in [-0.25, -0.2) is 0 Å². The van der Waals surface area contributed by atoms with E-state index >= 15 is 0 Å². The number of hydrogen-bond donors (Lipinski definition) is 1. The molecular weight excluding hydrogens is 136 g/mol. The molecule has 0 heterocycles. The molecular formula is C6H12O2S. The SMILES string of the molecule is CS[C@@H](C)CCC(=O)O. The van der Waals surface area contributed by atoms with Crippen LogP contribution in [0.5, 0.6) is 0 Å². The van der Waals surface area contributed by atoms with Crippen LogP contribution in [0.2, 0.25) is 0 Å². The Labute approximate surface area is 59.6 Å². The van der Waals surface area contributed by atoms with Gasteiger partial charge in [0.25, 0.3) is 0 Å². The van der Waals surface area contributed by atoms with Crippen molar-refractivity contribution in [3.05, 3.63) is 0 Å². The molecule has 0 aliphatic heterocycles. The van der Waals surface area contributed by atoms with Gasteiger partial charge >= 0.3 is 5.97 Å². The Morgan fingerprint density at radius 1 is 1.78 bits per heavy atom. The number of aliphatic carboxylic acids is 1. The first-order chi connectivity index (χ1) is 4.16. The molecule has 0 amide bonds. The molecule has 0 aromatic heterocycles. The lowest BCUT2D eigenvalue weighted by Gasteiger charge is -2.03. The lowest BCUT2D eigenvalue weighted by molar-refractivity contribution is -0.137. The monoisotopic (exact) mass is 148 g/mol. The zero-order valence-electron chi connectivity index (χ0n) is 5.76. The minimum Gasteiger partial charge on any atom is -0.481 e. The van der Waals surface area contributed by atoms with E-state index in [-0.39, 0.29) is 0 Å². The Balaban J connectivity index is 3.16. The Kier molecular flexibility index (Phi) is 4.58. The number of thioether (sulfide) groups is 1. The van der Waals surface area contributed by atoms with Crippen molar-refractivity contribution < 1.29 is 9.90 Å². The van der Waals surface area contributed by atoms with Crippen LogP contribution in [-0.4, -0.2) is 22.6 Å². The molecule has 0 aromatic rings. The summed E-state index contributed by atoms with van der Waals surface area (Å²) in [6.07, 6.45) is 3.06. The second-order valence-corrected chi connectivity index (χ2v) is 3.25. The third-order valence-electron chi connectivity index (χ3n) is 1.17. The van der Waals surface area contributed by atoms with Gasteiger partial charge in [-0.15, -0.1) is 0 Å². The average molecular weight is 148 g/mol. The number of carbonyl (C=O) groups is 1. The van der Waals surface area contributed by atoms with Crippen LogP contribution < -0.4 is 0 Å². The molecule has 0 bridgehead atoms. The van der Waals surface area contributed by atoms with E-state index in [0.717, 1.165) is 6.42 Å². The highest BCUT2D eigenvalue weighted by atomic mass is 32.2. The van der Waals surface area contributed by atoms with Crippen molar-refractivity contribution in [3.8, 4) is 0 Å². The second-order valence-electron chi connectivity index (χ2n) is 1.98. The van der Waals surface area contributed by atoms with Crippen LogP contribution in [0, 0.1) is 0 Å². The molecule has 0 spiro atoms. The normalized spacial score (nSPS) is 13.1. The Morgan fingerprint density at radius 3 is 2.67 bits per heavy atom. The number of rotatable bonds is 4. The molecule has 1 atom stereocenters. The van der Waals surface area contributed by atoms with E-state index in [9.17, 15) is 4.79 Å². The van der Waals surface area contributed by atoms with Crippen molar-refractivity contribution in [2.45, 2.75) is 25.0 Å². The van der Waals surface area contributed by atoms with E-state index in [1.807, 2.05) is 13.2 Å². The smallest absolute Gasteiger partial charge is 0.303 e. The molecule has 3 heteroatoms. The predicted molar refractivity (Wildman–Crippen MR) is 39.8 cm³/mol. The summed E-state index contributed by atoms with van der Waals surface area (Å²) in [4.78, 5) is 10.0. The molecule has 0 fully saturated rings. The van der Waals surface area contributed by atoms with Crippen molar-refractivity contribution in [1.82, 2.24) is 0 Å². The van der Waals surface area contributed by atoms with Gasteiger partial charge in [-0.1, -0.05) is 6.92 Å². The van der Waals surface area contributed by atoms with Crippen molar-refractivity contribution in [1.29, 1.82) is 0 Å². The fourth-order valence-electron chi connectivity index (χ4n) is 0.445. The minimum absolute atomic E-state index is 0.294. The maximum Gasteiger partial charge on any atom is 0.303 e. The minimum atomic E-state index is -0.698. The van der Waals surface area contributed by atoms with Crippen LogP contribution in [0.1, 0.15) is 19.8 Å². The highest BCUT2D eigenvalue weighted by Crippen LogP contribution is 2.10. The number of carboxylic acids is 1. The molecule has 9 heavy (non-hydrogen) atoms. The maximum absolute atomic E-state index is 10.0. The first kappa shape index (κ1) is 8.82. The molecule has 1 N–H and O–H groups in total. The van der Waals surface area contributed by atoms with Crippen LogP contribution in [0.4, 0.5) is 0 Å². The van der Waals surface area contributed by atoms with Gasteiger partial charge in [-0.05, 0) is 12.7 Å². The third kappa shape index (κ3) is 5.69. The maximum atomic E-state index is 10.0. The predicted octanol–water partition coefficient (Wildman–Crippen LogP) is 1.60. The van der Waals surface area contributed by atoms with Gasteiger partial charge in [0.05, 0.1) is 0 Å². The van der Waals surface area contributed by atoms with Gasteiger partial charge in [0.15, 0.2) is 0 Å². The van der Waals surface area contributed by atoms with E-state index in [1.54, 1.807) is 11.8 Å². The molecule has 54 valence electrons. The van der Waals surface area contributed by atoms with Gasteiger partial charge in [0, 0.05) is 11.7 Å². The summed E-state index contributed by atoms with van der Waals surface area (Å²) in [6, 6.07) is 0. The summed E-state index contributed by atoms with van der Waals surface area (Å²) < 4.78 is 0. The Bertz CT molecular complexity index is 93.1. The van der Waals surface area contributed by atoms with Gasteiger partial charge in [-0.3, -0.25) is 4.79 Å². The number of hydrogen-bond acceptors (Lipinski definition) is 2. The summed E-state index contributed by atoms with van der Waals surface area (Å²) in [7, 11) is 0. The van der Waals surface area contributed by atoms with E-state index in [1.165, 1.54) is 0 Å². The molecule has 0 rings (SSSR count). The van der Waals surface area contributed by atoms with Gasteiger partial charge in [0.1, 0.15) is 0 Å². The van der Waals surface area contributed by atoms with Crippen LogP contribution in [0.15, 0.2) is 0 Å². The summed E-state index contributed by atoms with van der Waals surface area (Å²) in [5, 5.41) is 8.72. The third-order valence-corrected chi connectivity index (χ3v) is 2.21. The molecule has 0 aromatic carbocycles. The fourth-order valence-corrected chi connectivity index (χ4v) is 0.798. The highest BCUT2D eigenvalue weighted by Gasteiger charge is 2.01. The molecule has 0 aliphatic rings. The summed E-state index contributed by atoms with van der Waals surface area (Å²) in [6.45, 7) is 2.04. The molecule has 2 nitrogen and oxygen atoms in total. The summed E-state index contributed by atoms with van der Waals surface area (Å²) in [5.41, 5.74) is 0. The van der Waals surface area contributed by atoms with Crippen LogP contribution in [0.3, 0.4) is 0 Å². The molecule has 0 aliphatic carbocycles. The number of carboxylic acid groups (broad SMARTS) is 1. The van der Waals surface area contributed by atoms with Gasteiger partial charge < -0.3 is 5.11 Å². The first-order valence-electron chi connectivity index (χ1n) is 2.91. The van der Waals surface area contributed by atoms with E-state index in [2.05, 4.69) is 0 Å². The standard InChI is InChI=1S/C6H12O2S/c1-5(9-2)3-4-6(7)8/h5H,3-4H2,1-2H3,(H,7,8)/t5-/m0/s1. The summed E-state index contributed by atoms with van der Waals surface area (Å²) in [5.74, 6) is -0.698. The van der Waals surface area contributed by atoms with Crippen molar-refractivity contribution in [2.24, 2.45) is 0 Å². The van der Waals surface area contributed by atoms with Crippen molar-refractivity contribution >= 4 is 17.7 Å². The quantitative estimate of drug-likeness (QED) is 0.658. The van der Waals surface area contributed by atoms with Crippen LogP contribution >= 0.6 is 11.8 Å². The zero-order valence-corrected chi connectivity index (χ0v) is 6.57. The topological polar surface area (TPSA) is 37.3 Å². The van der Waals surface area contributed by atoms with Gasteiger partial charge in [-0.2, -0.15) is 11.8 Å². The molecule has 0 saturated carbocycles. The van der Waals surface area contributed by atoms with E-state index < -0.39 is 5.97 Å². The molecule has 0 unspecified atom stereocenters. The Hall–Kier alpha value is -0.180.